The zero-order valence-electron chi connectivity index (χ0n) is 40.6. The molecule has 3 atom stereocenters. The van der Waals surface area contributed by atoms with Crippen molar-refractivity contribution in [3.63, 3.8) is 0 Å². The minimum absolute atomic E-state index is 0.00670. The monoisotopic (exact) mass is 879 g/mol. The summed E-state index contributed by atoms with van der Waals surface area (Å²) in [5, 5.41) is 13.7. The smallest absolute Gasteiger partial charge is 0.268 e. The van der Waals surface area contributed by atoms with E-state index in [4.69, 9.17) is 9.05 Å². The van der Waals surface area contributed by atoms with Gasteiger partial charge in [0.15, 0.2) is 0 Å². The van der Waals surface area contributed by atoms with E-state index in [0.29, 0.717) is 17.4 Å². The first-order chi connectivity index (χ1) is 29.5. The number of carbonyl (C=O) groups excluding carboxylic acids is 1. The lowest BCUT2D eigenvalue weighted by molar-refractivity contribution is -0.870. The third kappa shape index (κ3) is 46.3. The number of quaternary nitrogens is 1. The van der Waals surface area contributed by atoms with E-state index in [2.05, 4.69) is 55.6 Å². The summed E-state index contributed by atoms with van der Waals surface area (Å²) in [7, 11) is 1.24. The average Bonchev–Trinajstić information content (AvgIpc) is 3.21. The van der Waals surface area contributed by atoms with E-state index in [-0.39, 0.29) is 12.5 Å². The molecule has 0 spiro atoms. The van der Waals surface area contributed by atoms with Crippen LogP contribution in [-0.4, -0.2) is 68.5 Å². The molecule has 0 aromatic rings. The highest BCUT2D eigenvalue weighted by Gasteiger charge is 2.23. The molecule has 1 amide bonds. The Morgan fingerprint density at radius 2 is 0.984 bits per heavy atom. The van der Waals surface area contributed by atoms with Crippen molar-refractivity contribution >= 4 is 13.7 Å². The van der Waals surface area contributed by atoms with Gasteiger partial charge >= 0.3 is 0 Å². The third-order valence-corrected chi connectivity index (χ3v) is 12.2. The molecular weight excluding hydrogens is 780 g/mol. The first-order valence-corrected chi connectivity index (χ1v) is 27.0. The zero-order valence-corrected chi connectivity index (χ0v) is 41.5. The molecule has 0 aliphatic rings. The van der Waals surface area contributed by atoms with E-state index in [1.807, 2.05) is 27.2 Å². The van der Waals surface area contributed by atoms with Crippen LogP contribution in [0.5, 0.6) is 0 Å². The molecule has 61 heavy (non-hydrogen) atoms. The Morgan fingerprint density at radius 3 is 1.48 bits per heavy atom. The largest absolute Gasteiger partial charge is 0.756 e. The number of hydrogen-bond donors (Lipinski definition) is 2. The predicted octanol–water partition coefficient (Wildman–Crippen LogP) is 14.2. The number of allylic oxidation sites excluding steroid dienone is 7. The van der Waals surface area contributed by atoms with Crippen molar-refractivity contribution in [2.45, 2.75) is 238 Å². The van der Waals surface area contributed by atoms with Gasteiger partial charge in [-0.2, -0.15) is 0 Å². The van der Waals surface area contributed by atoms with Gasteiger partial charge in [-0.25, -0.2) is 0 Å². The Kier molecular flexibility index (Phi) is 42.6. The molecule has 0 heterocycles. The fourth-order valence-corrected chi connectivity index (χ4v) is 7.91. The highest BCUT2D eigenvalue weighted by molar-refractivity contribution is 7.45. The Bertz CT molecular complexity index is 1130. The minimum atomic E-state index is -4.59. The maximum Gasteiger partial charge on any atom is 0.268 e. The number of phosphoric acid groups is 1. The highest BCUT2D eigenvalue weighted by atomic mass is 31.2. The summed E-state index contributed by atoms with van der Waals surface area (Å²) in [6.45, 7) is 4.54. The van der Waals surface area contributed by atoms with Gasteiger partial charge in [-0.3, -0.25) is 9.36 Å². The van der Waals surface area contributed by atoms with Crippen LogP contribution in [0.25, 0.3) is 0 Å². The van der Waals surface area contributed by atoms with Crippen molar-refractivity contribution in [2.24, 2.45) is 0 Å². The van der Waals surface area contributed by atoms with Crippen LogP contribution >= 0.6 is 7.82 Å². The Morgan fingerprint density at radius 1 is 0.574 bits per heavy atom. The van der Waals surface area contributed by atoms with Crippen LogP contribution in [0.2, 0.25) is 0 Å². The normalized spacial score (nSPS) is 14.5. The lowest BCUT2D eigenvalue weighted by Crippen LogP contribution is -2.45. The van der Waals surface area contributed by atoms with Gasteiger partial charge < -0.3 is 28.8 Å². The molecule has 0 radical (unpaired) electrons. The fraction of sp³-hybridized carbons (Fsp3) is 0.827. The molecule has 0 fully saturated rings. The van der Waals surface area contributed by atoms with Crippen LogP contribution in [0, 0.1) is 0 Å². The van der Waals surface area contributed by atoms with Gasteiger partial charge in [0.25, 0.3) is 7.82 Å². The second-order valence-electron chi connectivity index (χ2n) is 18.5. The van der Waals surface area contributed by atoms with Gasteiger partial charge in [-0.05, 0) is 57.8 Å². The van der Waals surface area contributed by atoms with E-state index < -0.39 is 26.6 Å². The molecule has 0 bridgehead atoms. The number of aliphatic hydroxyl groups is 1. The molecule has 0 aliphatic carbocycles. The lowest BCUT2D eigenvalue weighted by Gasteiger charge is -2.29. The van der Waals surface area contributed by atoms with E-state index in [0.717, 1.165) is 44.9 Å². The molecule has 0 saturated heterocycles. The summed E-state index contributed by atoms with van der Waals surface area (Å²) in [6.07, 6.45) is 56.4. The van der Waals surface area contributed by atoms with E-state index in [9.17, 15) is 19.4 Å². The van der Waals surface area contributed by atoms with Crippen LogP contribution in [0.15, 0.2) is 48.6 Å². The molecular formula is C52H99N2O6P. The van der Waals surface area contributed by atoms with Crippen molar-refractivity contribution in [2.75, 3.05) is 40.9 Å². The first-order valence-electron chi connectivity index (χ1n) is 25.5. The quantitative estimate of drug-likeness (QED) is 0.0273. The number of nitrogens with one attached hydrogen (secondary N) is 1. The second kappa shape index (κ2) is 43.7. The predicted molar refractivity (Wildman–Crippen MR) is 261 cm³/mol. The van der Waals surface area contributed by atoms with Crippen LogP contribution < -0.4 is 10.2 Å². The van der Waals surface area contributed by atoms with Crippen LogP contribution in [0.1, 0.15) is 226 Å². The van der Waals surface area contributed by atoms with Crippen molar-refractivity contribution in [1.29, 1.82) is 0 Å². The van der Waals surface area contributed by atoms with Crippen LogP contribution in [0.4, 0.5) is 0 Å². The van der Waals surface area contributed by atoms with E-state index >= 15 is 0 Å². The van der Waals surface area contributed by atoms with Gasteiger partial charge in [0.1, 0.15) is 13.2 Å². The molecule has 3 unspecified atom stereocenters. The Hall–Kier alpha value is -1.54. The Labute approximate surface area is 378 Å². The number of nitrogens with zero attached hydrogens (tertiary/aromatic N) is 1. The molecule has 0 saturated carbocycles. The summed E-state index contributed by atoms with van der Waals surface area (Å²) in [4.78, 5) is 25.2. The molecule has 0 aliphatic heterocycles. The zero-order chi connectivity index (χ0) is 45.0. The number of likely N-dealkylation sites (N-methyl/N-ethyl adjacent to an activating group) is 1. The second-order valence-corrected chi connectivity index (χ2v) is 19.9. The van der Waals surface area contributed by atoms with Gasteiger partial charge in [-0.1, -0.05) is 210 Å². The Balaban J connectivity index is 3.95. The summed E-state index contributed by atoms with van der Waals surface area (Å²) in [5.41, 5.74) is 0. The number of hydrogen-bond acceptors (Lipinski definition) is 6. The maximum absolute atomic E-state index is 12.8. The number of unbranched alkanes of at least 4 members (excludes halogenated alkanes) is 27. The molecule has 358 valence electrons. The summed E-state index contributed by atoms with van der Waals surface area (Å²) >= 11 is 0. The van der Waals surface area contributed by atoms with Gasteiger partial charge in [0.2, 0.25) is 5.91 Å². The minimum Gasteiger partial charge on any atom is -0.756 e. The van der Waals surface area contributed by atoms with Gasteiger partial charge in [0.05, 0.1) is 39.9 Å². The van der Waals surface area contributed by atoms with Crippen molar-refractivity contribution in [1.82, 2.24) is 5.32 Å². The number of amides is 1. The van der Waals surface area contributed by atoms with Crippen molar-refractivity contribution in [3.8, 4) is 0 Å². The van der Waals surface area contributed by atoms with E-state index in [1.54, 1.807) is 6.08 Å². The highest BCUT2D eigenvalue weighted by Crippen LogP contribution is 2.38. The molecule has 8 nitrogen and oxygen atoms in total. The molecule has 2 N–H and O–H groups in total. The van der Waals surface area contributed by atoms with Crippen molar-refractivity contribution < 1.29 is 32.9 Å². The number of phosphoric ester groups is 1. The van der Waals surface area contributed by atoms with Gasteiger partial charge in [0, 0.05) is 6.42 Å². The molecule has 0 aromatic carbocycles. The maximum atomic E-state index is 12.8. The molecule has 9 heteroatoms. The van der Waals surface area contributed by atoms with Crippen LogP contribution in [0.3, 0.4) is 0 Å². The molecule has 0 rings (SSSR count). The first kappa shape index (κ1) is 59.5. The van der Waals surface area contributed by atoms with Gasteiger partial charge in [-0.15, -0.1) is 0 Å². The number of carbonyl (C=O) groups is 1. The SMILES string of the molecule is CCCC/C=C/CC/C=C/C(O)C(COP(=O)([O-])OCC[N+](C)(C)C)NC(=O)CCCCCCCCCCCCCCCCCCCCC/C=C\C/C=C\CCCCCCC. The summed E-state index contributed by atoms with van der Waals surface area (Å²) in [6, 6.07) is -0.899. The molecule has 0 aromatic heterocycles. The average molecular weight is 879 g/mol. The van der Waals surface area contributed by atoms with Crippen molar-refractivity contribution in [3.05, 3.63) is 48.6 Å². The van der Waals surface area contributed by atoms with E-state index in [1.165, 1.54) is 161 Å². The third-order valence-electron chi connectivity index (χ3n) is 11.3. The summed E-state index contributed by atoms with van der Waals surface area (Å²) < 4.78 is 23.1. The fourth-order valence-electron chi connectivity index (χ4n) is 7.19. The topological polar surface area (TPSA) is 108 Å². The van der Waals surface area contributed by atoms with Crippen LogP contribution in [-0.2, 0) is 18.4 Å². The standard InChI is InChI=1S/C52H99N2O6P/c1-6-8-10-12-14-16-17-18-19-20-21-22-23-24-25-26-27-28-29-30-31-32-33-34-35-36-37-38-40-42-44-46-52(56)53-50(49-60-61(57,58)59-48-47-54(3,4)5)51(55)45-43-41-39-15-13-11-9-7-2/h13,15,17-18,20-21,43,45,50-51,55H,6-12,14,16,19,22-42,44,46-49H2,1-5H3,(H-,53,56,57,58)/b15-13+,18-17-,21-20-,45-43+. The number of rotatable bonds is 46. The lowest BCUT2D eigenvalue weighted by atomic mass is 10.0. The summed E-state index contributed by atoms with van der Waals surface area (Å²) in [5.74, 6) is -0.210. The number of aliphatic hydroxyl groups excluding tert-OH is 1.